The van der Waals surface area contributed by atoms with Gasteiger partial charge < -0.3 is 14.5 Å². The third-order valence-electron chi connectivity index (χ3n) is 4.64. The molecule has 5 nitrogen and oxygen atoms in total. The number of halogens is 5. The van der Waals surface area contributed by atoms with Crippen molar-refractivity contribution in [2.24, 2.45) is 0 Å². The lowest BCUT2D eigenvalue weighted by Crippen LogP contribution is -2.53. The van der Waals surface area contributed by atoms with Gasteiger partial charge in [0.25, 0.3) is 5.91 Å². The molecule has 0 radical (unpaired) electrons. The molecule has 11 heteroatoms. The minimum atomic E-state index is -1.65. The highest BCUT2D eigenvalue weighted by Gasteiger charge is 2.30. The van der Waals surface area contributed by atoms with E-state index in [1.54, 1.807) is 29.2 Å². The molecule has 1 saturated heterocycles. The molecule has 1 amide bonds. The summed E-state index contributed by atoms with van der Waals surface area (Å²) in [5.41, 5.74) is -0.532. The Kier molecular flexibility index (Phi) is 6.67. The number of hydrogen-bond acceptors (Lipinski definition) is 4. The van der Waals surface area contributed by atoms with Crippen molar-refractivity contribution < 1.29 is 27.1 Å². The molecule has 1 heterocycles. The summed E-state index contributed by atoms with van der Waals surface area (Å²) in [5, 5.41) is 1.46. The van der Waals surface area contributed by atoms with Gasteiger partial charge >= 0.3 is 0 Å². The summed E-state index contributed by atoms with van der Waals surface area (Å²) in [7, 11) is 1.43. The quantitative estimate of drug-likeness (QED) is 0.326. The van der Waals surface area contributed by atoms with Crippen molar-refractivity contribution in [2.45, 2.75) is 0 Å². The molecule has 1 aliphatic heterocycles. The second kappa shape index (κ2) is 9.05. The van der Waals surface area contributed by atoms with Crippen LogP contribution in [0.3, 0.4) is 0 Å². The van der Waals surface area contributed by atoms with Crippen LogP contribution in [0.2, 0.25) is 5.02 Å². The van der Waals surface area contributed by atoms with Crippen LogP contribution < -0.4 is 15.0 Å². The zero-order valence-electron chi connectivity index (χ0n) is 15.6. The molecule has 0 spiro atoms. The number of para-hydroxylation sites is 1. The summed E-state index contributed by atoms with van der Waals surface area (Å²) in [6.07, 6.45) is 0. The average molecular weight is 462 g/mol. The number of hydrogen-bond donors (Lipinski definition) is 1. The Morgan fingerprint density at radius 3 is 2.17 bits per heavy atom. The number of rotatable bonds is 3. The molecule has 3 rings (SSSR count). The molecular weight excluding hydrogens is 446 g/mol. The lowest BCUT2D eigenvalue weighted by molar-refractivity contribution is 0.0970. The topological polar surface area (TPSA) is 44.8 Å². The number of methoxy groups -OCH3 is 1. The van der Waals surface area contributed by atoms with E-state index < -0.39 is 39.9 Å². The normalized spacial score (nSPS) is 13.9. The van der Waals surface area contributed by atoms with E-state index in [-0.39, 0.29) is 36.9 Å². The van der Waals surface area contributed by atoms with E-state index in [0.717, 1.165) is 4.90 Å². The number of benzene rings is 2. The van der Waals surface area contributed by atoms with Gasteiger partial charge in [-0.15, -0.1) is 0 Å². The zero-order chi connectivity index (χ0) is 22.0. The molecule has 2 aromatic rings. The van der Waals surface area contributed by atoms with Gasteiger partial charge in [0.15, 0.2) is 28.4 Å². The first kappa shape index (κ1) is 22.1. The second-order valence-corrected chi connectivity index (χ2v) is 7.12. The first-order valence-electron chi connectivity index (χ1n) is 8.76. The van der Waals surface area contributed by atoms with Crippen LogP contribution in [0.4, 0.5) is 23.2 Å². The molecule has 0 bridgehead atoms. The van der Waals surface area contributed by atoms with E-state index in [4.69, 9.17) is 28.6 Å². The highest BCUT2D eigenvalue weighted by atomic mass is 35.5. The third-order valence-corrected chi connectivity index (χ3v) is 5.33. The Hall–Kier alpha value is -2.59. The maximum Gasteiger partial charge on any atom is 0.261 e. The van der Waals surface area contributed by atoms with Crippen LogP contribution in [0.1, 0.15) is 10.4 Å². The van der Waals surface area contributed by atoms with Crippen molar-refractivity contribution in [3.63, 3.8) is 0 Å². The number of carbonyl (C=O) groups is 1. The fraction of sp³-hybridized carbons (Fsp3) is 0.263. The summed E-state index contributed by atoms with van der Waals surface area (Å²) >= 11 is 10.5. The first-order chi connectivity index (χ1) is 14.3. The largest absolute Gasteiger partial charge is 0.496 e. The van der Waals surface area contributed by atoms with Gasteiger partial charge in [-0.2, -0.15) is 0 Å². The first-order valence-corrected chi connectivity index (χ1v) is 9.54. The van der Waals surface area contributed by atoms with Gasteiger partial charge in [-0.25, -0.2) is 17.6 Å². The predicted octanol–water partition coefficient (Wildman–Crippen LogP) is 3.74. The number of amides is 1. The minimum absolute atomic E-state index is 0.0129. The van der Waals surface area contributed by atoms with Crippen molar-refractivity contribution in [3.05, 3.63) is 58.1 Å². The minimum Gasteiger partial charge on any atom is -0.496 e. The van der Waals surface area contributed by atoms with Gasteiger partial charge in [-0.3, -0.25) is 10.1 Å². The summed E-state index contributed by atoms with van der Waals surface area (Å²) in [6, 6.07) is 6.59. The standard InChI is InChI=1S/C19H16ClF4N3O2S/c1-29-11-5-3-2-4-10(11)18(28)25-19(30)27-8-6-26(7-9-27)17-15(23)13(21)12(20)14(22)16(17)24/h2-5H,6-9H2,1H3,(H,25,28,30). The van der Waals surface area contributed by atoms with E-state index in [1.165, 1.54) is 7.11 Å². The average Bonchev–Trinajstić information content (AvgIpc) is 2.76. The maximum atomic E-state index is 14.2. The molecule has 1 fully saturated rings. The molecule has 0 aromatic heterocycles. The van der Waals surface area contributed by atoms with Crippen LogP contribution in [0.25, 0.3) is 0 Å². The molecule has 0 unspecified atom stereocenters. The molecule has 0 atom stereocenters. The van der Waals surface area contributed by atoms with E-state index in [0.29, 0.717) is 5.75 Å². The highest BCUT2D eigenvalue weighted by molar-refractivity contribution is 7.80. The molecular formula is C19H16ClF4N3O2S. The monoisotopic (exact) mass is 461 g/mol. The van der Waals surface area contributed by atoms with Crippen LogP contribution in [-0.4, -0.2) is 49.2 Å². The Bertz CT molecular complexity index is 971. The second-order valence-electron chi connectivity index (χ2n) is 6.35. The lowest BCUT2D eigenvalue weighted by atomic mass is 10.2. The van der Waals surface area contributed by atoms with Gasteiger partial charge in [-0.05, 0) is 24.4 Å². The molecule has 1 aliphatic rings. The van der Waals surface area contributed by atoms with Crippen LogP contribution >= 0.6 is 23.8 Å². The number of thiocarbonyl (C=S) groups is 1. The van der Waals surface area contributed by atoms with E-state index in [1.807, 2.05) is 0 Å². The smallest absolute Gasteiger partial charge is 0.261 e. The zero-order valence-corrected chi connectivity index (χ0v) is 17.2. The van der Waals surface area contributed by atoms with Gasteiger partial charge in [0, 0.05) is 26.2 Å². The van der Waals surface area contributed by atoms with Gasteiger partial charge in [-0.1, -0.05) is 23.7 Å². The molecule has 2 aromatic carbocycles. The maximum absolute atomic E-state index is 14.2. The fourth-order valence-electron chi connectivity index (χ4n) is 3.08. The van der Waals surface area contributed by atoms with E-state index in [2.05, 4.69) is 5.32 Å². The number of carbonyl (C=O) groups excluding carboxylic acids is 1. The Morgan fingerprint density at radius 2 is 1.60 bits per heavy atom. The SMILES string of the molecule is COc1ccccc1C(=O)NC(=S)N1CCN(c2c(F)c(F)c(Cl)c(F)c2F)CC1. The predicted molar refractivity (Wildman–Crippen MR) is 108 cm³/mol. The summed E-state index contributed by atoms with van der Waals surface area (Å²) in [5.74, 6) is -6.50. The van der Waals surface area contributed by atoms with Crippen molar-refractivity contribution in [1.29, 1.82) is 0 Å². The van der Waals surface area contributed by atoms with Crippen molar-refractivity contribution in [3.8, 4) is 5.75 Å². The van der Waals surface area contributed by atoms with Crippen LogP contribution in [0.5, 0.6) is 5.75 Å². The number of ether oxygens (including phenoxy) is 1. The molecule has 1 N–H and O–H groups in total. The third kappa shape index (κ3) is 4.15. The Labute approximate surface area is 180 Å². The fourth-order valence-corrected chi connectivity index (χ4v) is 3.52. The number of anilines is 1. The molecule has 0 saturated carbocycles. The summed E-state index contributed by atoms with van der Waals surface area (Å²) < 4.78 is 60.9. The number of nitrogens with zero attached hydrogens (tertiary/aromatic N) is 2. The Morgan fingerprint density at radius 1 is 1.03 bits per heavy atom. The Balaban J connectivity index is 1.68. The molecule has 160 valence electrons. The molecule has 30 heavy (non-hydrogen) atoms. The van der Waals surface area contributed by atoms with E-state index in [9.17, 15) is 22.4 Å². The number of nitrogens with one attached hydrogen (secondary N) is 1. The lowest BCUT2D eigenvalue weighted by Gasteiger charge is -2.37. The van der Waals surface area contributed by atoms with Gasteiger partial charge in [0.05, 0.1) is 12.7 Å². The molecule has 0 aliphatic carbocycles. The summed E-state index contributed by atoms with van der Waals surface area (Å²) in [6.45, 7) is 0.351. The van der Waals surface area contributed by atoms with Crippen LogP contribution in [0, 0.1) is 23.3 Å². The number of piperazine rings is 1. The van der Waals surface area contributed by atoms with Crippen LogP contribution in [0.15, 0.2) is 24.3 Å². The van der Waals surface area contributed by atoms with Crippen molar-refractivity contribution in [1.82, 2.24) is 10.2 Å². The van der Waals surface area contributed by atoms with E-state index >= 15 is 0 Å². The van der Waals surface area contributed by atoms with Crippen LogP contribution in [-0.2, 0) is 0 Å². The van der Waals surface area contributed by atoms with Gasteiger partial charge in [0.2, 0.25) is 0 Å². The van der Waals surface area contributed by atoms with Gasteiger partial charge in [0.1, 0.15) is 16.5 Å². The van der Waals surface area contributed by atoms with Crippen molar-refractivity contribution >= 4 is 40.5 Å². The summed E-state index contributed by atoms with van der Waals surface area (Å²) in [4.78, 5) is 15.2. The van der Waals surface area contributed by atoms with Crippen molar-refractivity contribution in [2.75, 3.05) is 38.2 Å². The highest BCUT2D eigenvalue weighted by Crippen LogP contribution is 2.33.